The maximum atomic E-state index is 11.8. The lowest BCUT2D eigenvalue weighted by atomic mass is 10.1. The highest BCUT2D eigenvalue weighted by molar-refractivity contribution is 5.96. The molecular formula is C14H18O3. The molecule has 0 bridgehead atoms. The van der Waals surface area contributed by atoms with Crippen molar-refractivity contribution in [3.05, 3.63) is 42.0 Å². The van der Waals surface area contributed by atoms with E-state index < -0.39 is 0 Å². The lowest BCUT2D eigenvalue weighted by Crippen LogP contribution is -1.98. The third-order valence-corrected chi connectivity index (χ3v) is 2.46. The minimum absolute atomic E-state index is 0.0619. The maximum Gasteiger partial charge on any atom is 0.162 e. The van der Waals surface area contributed by atoms with Crippen molar-refractivity contribution in [2.45, 2.75) is 19.3 Å². The highest BCUT2D eigenvalue weighted by Crippen LogP contribution is 2.13. The van der Waals surface area contributed by atoms with Crippen LogP contribution in [-0.2, 0) is 0 Å². The Morgan fingerprint density at radius 3 is 2.59 bits per heavy atom. The van der Waals surface area contributed by atoms with Crippen LogP contribution < -0.4 is 4.74 Å². The Labute approximate surface area is 102 Å². The van der Waals surface area contributed by atoms with Crippen LogP contribution in [-0.4, -0.2) is 24.6 Å². The van der Waals surface area contributed by atoms with Crippen molar-refractivity contribution in [3.63, 3.8) is 0 Å². The van der Waals surface area contributed by atoms with Crippen LogP contribution in [0.1, 0.15) is 29.6 Å². The van der Waals surface area contributed by atoms with Gasteiger partial charge in [0.25, 0.3) is 0 Å². The number of rotatable bonds is 7. The third-order valence-electron chi connectivity index (χ3n) is 2.46. The van der Waals surface area contributed by atoms with Gasteiger partial charge in [-0.3, -0.25) is 4.79 Å². The van der Waals surface area contributed by atoms with E-state index in [2.05, 4.69) is 0 Å². The van der Waals surface area contributed by atoms with E-state index in [1.165, 1.54) is 0 Å². The van der Waals surface area contributed by atoms with Gasteiger partial charge in [0, 0.05) is 12.0 Å². The van der Waals surface area contributed by atoms with Crippen LogP contribution in [0.25, 0.3) is 0 Å². The second-order valence-electron chi connectivity index (χ2n) is 3.70. The van der Waals surface area contributed by atoms with Crippen LogP contribution >= 0.6 is 0 Å². The van der Waals surface area contributed by atoms with Gasteiger partial charge in [0.05, 0.1) is 13.7 Å². The normalized spacial score (nSPS) is 10.7. The first-order valence-corrected chi connectivity index (χ1v) is 5.71. The number of aliphatic hydroxyl groups excluding tert-OH is 1. The zero-order chi connectivity index (χ0) is 12.5. The average Bonchev–Trinajstić information content (AvgIpc) is 2.38. The quantitative estimate of drug-likeness (QED) is 0.448. The summed E-state index contributed by atoms with van der Waals surface area (Å²) in [4.78, 5) is 11.8. The van der Waals surface area contributed by atoms with Crippen molar-refractivity contribution in [2.24, 2.45) is 0 Å². The van der Waals surface area contributed by atoms with Crippen LogP contribution in [0.4, 0.5) is 0 Å². The Morgan fingerprint density at radius 2 is 2.00 bits per heavy atom. The van der Waals surface area contributed by atoms with Gasteiger partial charge in [0.1, 0.15) is 5.75 Å². The van der Waals surface area contributed by atoms with Gasteiger partial charge in [-0.15, -0.1) is 0 Å². The number of ether oxygens (including phenoxy) is 1. The van der Waals surface area contributed by atoms with E-state index in [0.717, 1.165) is 24.2 Å². The molecule has 0 aliphatic heterocycles. The largest absolute Gasteiger partial charge is 0.497 e. The lowest BCUT2D eigenvalue weighted by molar-refractivity contribution is 0.0980. The molecule has 0 amide bonds. The molecule has 0 radical (unpaired) electrons. The SMILES string of the molecule is COc1ccc(C(=O)CCC/C=C/CO)cc1. The Kier molecular flexibility index (Phi) is 6.04. The van der Waals surface area contributed by atoms with E-state index >= 15 is 0 Å². The van der Waals surface area contributed by atoms with Crippen molar-refractivity contribution in [3.8, 4) is 5.75 Å². The standard InChI is InChI=1S/C14H18O3/c1-17-13-9-7-12(8-10-13)14(16)6-4-2-3-5-11-15/h3,5,7-10,15H,2,4,6,11H2,1H3/b5-3+. The van der Waals surface area contributed by atoms with E-state index in [-0.39, 0.29) is 12.4 Å². The van der Waals surface area contributed by atoms with Gasteiger partial charge in [0.2, 0.25) is 0 Å². The number of methoxy groups -OCH3 is 1. The van der Waals surface area contributed by atoms with E-state index in [1.54, 1.807) is 37.5 Å². The lowest BCUT2D eigenvalue weighted by Gasteiger charge is -2.02. The first kappa shape index (κ1) is 13.5. The molecule has 0 aliphatic carbocycles. The van der Waals surface area contributed by atoms with Crippen LogP contribution in [0.3, 0.4) is 0 Å². The molecular weight excluding hydrogens is 216 g/mol. The summed E-state index contributed by atoms with van der Waals surface area (Å²) >= 11 is 0. The highest BCUT2D eigenvalue weighted by atomic mass is 16.5. The predicted octanol–water partition coefficient (Wildman–Crippen LogP) is 2.60. The molecule has 0 atom stereocenters. The average molecular weight is 234 g/mol. The van der Waals surface area contributed by atoms with Crippen LogP contribution in [0.5, 0.6) is 5.75 Å². The molecule has 1 aromatic rings. The van der Waals surface area contributed by atoms with Gasteiger partial charge in [0.15, 0.2) is 5.78 Å². The summed E-state index contributed by atoms with van der Waals surface area (Å²) in [6, 6.07) is 7.15. The minimum Gasteiger partial charge on any atom is -0.497 e. The number of benzene rings is 1. The van der Waals surface area contributed by atoms with Gasteiger partial charge >= 0.3 is 0 Å². The van der Waals surface area contributed by atoms with Crippen molar-refractivity contribution in [2.75, 3.05) is 13.7 Å². The van der Waals surface area contributed by atoms with Gasteiger partial charge in [-0.05, 0) is 37.1 Å². The Balaban J connectivity index is 2.38. The van der Waals surface area contributed by atoms with E-state index in [0.29, 0.717) is 6.42 Å². The molecule has 0 fully saturated rings. The Morgan fingerprint density at radius 1 is 1.29 bits per heavy atom. The van der Waals surface area contributed by atoms with E-state index in [4.69, 9.17) is 9.84 Å². The van der Waals surface area contributed by atoms with Gasteiger partial charge in [-0.25, -0.2) is 0 Å². The smallest absolute Gasteiger partial charge is 0.162 e. The number of aliphatic hydroxyl groups is 1. The molecule has 0 unspecified atom stereocenters. The molecule has 92 valence electrons. The summed E-state index contributed by atoms with van der Waals surface area (Å²) in [6.45, 7) is 0.0619. The number of unbranched alkanes of at least 4 members (excludes halogenated alkanes) is 1. The van der Waals surface area contributed by atoms with Gasteiger partial charge in [-0.1, -0.05) is 12.2 Å². The summed E-state index contributed by atoms with van der Waals surface area (Å²) in [7, 11) is 1.60. The maximum absolute atomic E-state index is 11.8. The first-order valence-electron chi connectivity index (χ1n) is 5.71. The zero-order valence-corrected chi connectivity index (χ0v) is 10.1. The molecule has 1 aromatic carbocycles. The van der Waals surface area contributed by atoms with E-state index in [1.807, 2.05) is 6.08 Å². The minimum atomic E-state index is 0.0619. The number of hydrogen-bond donors (Lipinski definition) is 1. The van der Waals surface area contributed by atoms with Crippen LogP contribution in [0, 0.1) is 0 Å². The summed E-state index contributed by atoms with van der Waals surface area (Å²) < 4.78 is 5.03. The van der Waals surface area contributed by atoms with Gasteiger partial charge in [-0.2, -0.15) is 0 Å². The fourth-order valence-corrected chi connectivity index (χ4v) is 1.49. The zero-order valence-electron chi connectivity index (χ0n) is 10.1. The van der Waals surface area contributed by atoms with Gasteiger partial charge < -0.3 is 9.84 Å². The third kappa shape index (κ3) is 4.83. The molecule has 0 spiro atoms. The van der Waals surface area contributed by atoms with Crippen LogP contribution in [0.2, 0.25) is 0 Å². The monoisotopic (exact) mass is 234 g/mol. The Hall–Kier alpha value is -1.61. The van der Waals surface area contributed by atoms with Crippen molar-refractivity contribution in [1.82, 2.24) is 0 Å². The second-order valence-corrected chi connectivity index (χ2v) is 3.70. The molecule has 0 saturated carbocycles. The van der Waals surface area contributed by atoms with Crippen molar-refractivity contribution < 1.29 is 14.6 Å². The number of allylic oxidation sites excluding steroid dienone is 1. The number of hydrogen-bond acceptors (Lipinski definition) is 3. The number of ketones is 1. The van der Waals surface area contributed by atoms with Crippen molar-refractivity contribution >= 4 is 5.78 Å². The summed E-state index contributed by atoms with van der Waals surface area (Å²) in [5.41, 5.74) is 0.719. The molecule has 0 saturated heterocycles. The molecule has 17 heavy (non-hydrogen) atoms. The number of Topliss-reactive ketones (excluding diaryl/α,β-unsaturated/α-hetero) is 1. The molecule has 0 aromatic heterocycles. The van der Waals surface area contributed by atoms with Crippen LogP contribution in [0.15, 0.2) is 36.4 Å². The summed E-state index contributed by atoms with van der Waals surface area (Å²) in [6.07, 6.45) is 5.74. The molecule has 1 rings (SSSR count). The topological polar surface area (TPSA) is 46.5 Å². The Bertz CT molecular complexity index is 366. The summed E-state index contributed by atoms with van der Waals surface area (Å²) in [5.74, 6) is 0.900. The first-order chi connectivity index (χ1) is 8.27. The molecule has 3 heteroatoms. The van der Waals surface area contributed by atoms with E-state index in [9.17, 15) is 4.79 Å². The molecule has 1 N–H and O–H groups in total. The molecule has 0 heterocycles. The number of carbonyl (C=O) groups excluding carboxylic acids is 1. The molecule has 0 aliphatic rings. The predicted molar refractivity (Wildman–Crippen MR) is 67.4 cm³/mol. The fraction of sp³-hybridized carbons (Fsp3) is 0.357. The number of carbonyl (C=O) groups is 1. The fourth-order valence-electron chi connectivity index (χ4n) is 1.49. The second kappa shape index (κ2) is 7.63. The molecule has 3 nitrogen and oxygen atoms in total. The van der Waals surface area contributed by atoms with Crippen molar-refractivity contribution in [1.29, 1.82) is 0 Å². The summed E-state index contributed by atoms with van der Waals surface area (Å²) in [5, 5.41) is 8.54. The highest BCUT2D eigenvalue weighted by Gasteiger charge is 2.04.